The minimum absolute atomic E-state index is 0. The van der Waals surface area contributed by atoms with Gasteiger partial charge >= 0.3 is 0 Å². The van der Waals surface area contributed by atoms with Gasteiger partial charge in [-0.1, -0.05) is 12.8 Å². The van der Waals surface area contributed by atoms with E-state index < -0.39 is 11.6 Å². The van der Waals surface area contributed by atoms with Crippen LogP contribution >= 0.6 is 24.0 Å². The van der Waals surface area contributed by atoms with Gasteiger partial charge in [0.15, 0.2) is 5.96 Å². The number of guanidine groups is 1. The third-order valence-corrected chi connectivity index (χ3v) is 5.48. The Morgan fingerprint density at radius 1 is 1.17 bits per heavy atom. The highest BCUT2D eigenvalue weighted by atomic mass is 127. The number of rotatable bonds is 6. The number of carbonyl (C=O) groups excluding carboxylic acids is 1. The Morgan fingerprint density at radius 2 is 1.86 bits per heavy atom. The topological polar surface area (TPSA) is 56.7 Å². The lowest BCUT2D eigenvalue weighted by molar-refractivity contribution is -0.134. The van der Waals surface area contributed by atoms with Gasteiger partial charge in [0.2, 0.25) is 5.91 Å². The van der Waals surface area contributed by atoms with Crippen LogP contribution in [0.2, 0.25) is 0 Å². The van der Waals surface area contributed by atoms with Gasteiger partial charge < -0.3 is 15.5 Å². The van der Waals surface area contributed by atoms with E-state index in [0.717, 1.165) is 38.4 Å². The second kappa shape index (κ2) is 11.7. The Labute approximate surface area is 188 Å². The van der Waals surface area contributed by atoms with Gasteiger partial charge in [-0.2, -0.15) is 0 Å². The quantitative estimate of drug-likeness (QED) is 0.343. The first-order valence-electron chi connectivity index (χ1n) is 10.3. The number of carbonyl (C=O) groups is 1. The van der Waals surface area contributed by atoms with Crippen molar-refractivity contribution in [1.82, 2.24) is 15.5 Å². The van der Waals surface area contributed by atoms with E-state index in [1.807, 2.05) is 11.8 Å². The van der Waals surface area contributed by atoms with E-state index in [4.69, 9.17) is 0 Å². The molecule has 1 atom stereocenters. The fourth-order valence-electron chi connectivity index (χ4n) is 4.07. The predicted octanol–water partition coefficient (Wildman–Crippen LogP) is 3.47. The van der Waals surface area contributed by atoms with Gasteiger partial charge in [0.1, 0.15) is 11.6 Å². The first-order valence-corrected chi connectivity index (χ1v) is 10.3. The van der Waals surface area contributed by atoms with Crippen LogP contribution in [0.4, 0.5) is 8.78 Å². The van der Waals surface area contributed by atoms with Gasteiger partial charge in [0.25, 0.3) is 0 Å². The third-order valence-electron chi connectivity index (χ3n) is 5.48. The average Bonchev–Trinajstić information content (AvgIpc) is 3.32. The largest absolute Gasteiger partial charge is 0.357 e. The van der Waals surface area contributed by atoms with E-state index in [9.17, 15) is 13.6 Å². The van der Waals surface area contributed by atoms with Crippen molar-refractivity contribution in [2.75, 3.05) is 26.2 Å². The molecule has 1 aliphatic heterocycles. The molecule has 0 aromatic heterocycles. The normalized spacial score (nSPS) is 19.9. The van der Waals surface area contributed by atoms with Crippen LogP contribution in [0, 0.1) is 17.6 Å². The third kappa shape index (κ3) is 7.08. The lowest BCUT2D eigenvalue weighted by atomic mass is 10.1. The maximum atomic E-state index is 13.3. The molecule has 2 aliphatic rings. The van der Waals surface area contributed by atoms with Gasteiger partial charge in [-0.15, -0.1) is 24.0 Å². The molecule has 1 aliphatic carbocycles. The molecule has 0 spiro atoms. The second-order valence-electron chi connectivity index (χ2n) is 7.68. The summed E-state index contributed by atoms with van der Waals surface area (Å²) in [4.78, 5) is 19.1. The molecule has 1 amide bonds. The monoisotopic (exact) mass is 520 g/mol. The summed E-state index contributed by atoms with van der Waals surface area (Å²) < 4.78 is 26.6. The summed E-state index contributed by atoms with van der Waals surface area (Å²) in [5, 5.41) is 6.60. The Morgan fingerprint density at radius 3 is 2.52 bits per heavy atom. The molecule has 2 fully saturated rings. The van der Waals surface area contributed by atoms with Crippen LogP contribution in [0.3, 0.4) is 0 Å². The van der Waals surface area contributed by atoms with Crippen LogP contribution in [0.5, 0.6) is 0 Å². The van der Waals surface area contributed by atoms with E-state index in [0.29, 0.717) is 36.9 Å². The summed E-state index contributed by atoms with van der Waals surface area (Å²) in [6.07, 6.45) is 5.74. The molecule has 162 valence electrons. The van der Waals surface area contributed by atoms with Crippen molar-refractivity contribution in [3.63, 3.8) is 0 Å². The van der Waals surface area contributed by atoms with Gasteiger partial charge in [-0.25, -0.2) is 8.78 Å². The second-order valence-corrected chi connectivity index (χ2v) is 7.68. The van der Waals surface area contributed by atoms with Gasteiger partial charge in [0, 0.05) is 44.2 Å². The molecule has 29 heavy (non-hydrogen) atoms. The SMILES string of the molecule is CCNC(=NCCc1cc(F)cc(F)c1)NC1CCN(C(=O)C2CCCC2)C1.I. The van der Waals surface area contributed by atoms with Crippen molar-refractivity contribution >= 4 is 35.8 Å². The standard InChI is InChI=1S/C21H30F2N4O.HI/c1-2-24-21(25-9-7-15-11-17(22)13-18(23)12-15)26-19-8-10-27(14-19)20(28)16-5-3-4-6-16;/h11-13,16,19H,2-10,14H2,1H3,(H2,24,25,26);1H. The van der Waals surface area contributed by atoms with Crippen LogP contribution in [0.25, 0.3) is 0 Å². The fraction of sp³-hybridized carbons (Fsp3) is 0.619. The summed E-state index contributed by atoms with van der Waals surface area (Å²) >= 11 is 0. The van der Waals surface area contributed by atoms with Crippen molar-refractivity contribution in [2.24, 2.45) is 10.9 Å². The molecule has 1 saturated carbocycles. The Kier molecular flexibility index (Phi) is 9.58. The highest BCUT2D eigenvalue weighted by Crippen LogP contribution is 2.27. The smallest absolute Gasteiger partial charge is 0.225 e. The number of aliphatic imine (C=N–C) groups is 1. The summed E-state index contributed by atoms with van der Waals surface area (Å²) in [5.74, 6) is 0.0627. The fourth-order valence-corrected chi connectivity index (χ4v) is 4.07. The van der Waals surface area contributed by atoms with Crippen LogP contribution in [-0.4, -0.2) is 49.0 Å². The molecule has 1 heterocycles. The van der Waals surface area contributed by atoms with Crippen LogP contribution in [0.15, 0.2) is 23.2 Å². The Hall–Kier alpha value is -1.45. The molecule has 8 heteroatoms. The van der Waals surface area contributed by atoms with Crippen molar-refractivity contribution in [1.29, 1.82) is 0 Å². The van der Waals surface area contributed by atoms with E-state index in [2.05, 4.69) is 15.6 Å². The van der Waals surface area contributed by atoms with Crippen LogP contribution < -0.4 is 10.6 Å². The zero-order valence-corrected chi connectivity index (χ0v) is 19.3. The number of halogens is 3. The summed E-state index contributed by atoms with van der Waals surface area (Å²) in [5.41, 5.74) is 0.589. The minimum Gasteiger partial charge on any atom is -0.357 e. The number of hydrogen-bond acceptors (Lipinski definition) is 2. The lowest BCUT2D eigenvalue weighted by Crippen LogP contribution is -2.45. The molecular weight excluding hydrogens is 489 g/mol. The Balaban J connectivity index is 0.00000300. The molecule has 1 unspecified atom stereocenters. The number of likely N-dealkylation sites (tertiary alicyclic amines) is 1. The van der Waals surface area contributed by atoms with Crippen molar-refractivity contribution in [2.45, 2.75) is 51.5 Å². The van der Waals surface area contributed by atoms with Crippen molar-refractivity contribution < 1.29 is 13.6 Å². The highest BCUT2D eigenvalue weighted by molar-refractivity contribution is 14.0. The van der Waals surface area contributed by atoms with Gasteiger partial charge in [-0.05, 0) is 50.3 Å². The summed E-state index contributed by atoms with van der Waals surface area (Å²) in [6, 6.07) is 3.72. The molecule has 1 saturated heterocycles. The maximum Gasteiger partial charge on any atom is 0.225 e. The Bertz CT molecular complexity index is 690. The van der Waals surface area contributed by atoms with E-state index in [-0.39, 0.29) is 35.9 Å². The van der Waals surface area contributed by atoms with Crippen LogP contribution in [-0.2, 0) is 11.2 Å². The molecule has 1 aromatic carbocycles. The van der Waals surface area contributed by atoms with Crippen molar-refractivity contribution in [3.8, 4) is 0 Å². The molecule has 3 rings (SSSR count). The summed E-state index contributed by atoms with van der Waals surface area (Å²) in [7, 11) is 0. The van der Waals surface area contributed by atoms with Crippen LogP contribution in [0.1, 0.15) is 44.6 Å². The minimum atomic E-state index is -0.568. The lowest BCUT2D eigenvalue weighted by Gasteiger charge is -2.21. The van der Waals surface area contributed by atoms with Crippen molar-refractivity contribution in [3.05, 3.63) is 35.4 Å². The molecule has 2 N–H and O–H groups in total. The number of amides is 1. The van der Waals surface area contributed by atoms with E-state index in [1.54, 1.807) is 0 Å². The molecule has 1 aromatic rings. The zero-order chi connectivity index (χ0) is 19.9. The first-order chi connectivity index (χ1) is 13.5. The van der Waals surface area contributed by atoms with Gasteiger partial charge in [-0.3, -0.25) is 9.79 Å². The number of hydrogen-bond donors (Lipinski definition) is 2. The maximum absolute atomic E-state index is 13.3. The highest BCUT2D eigenvalue weighted by Gasteiger charge is 2.32. The molecule has 0 bridgehead atoms. The predicted molar refractivity (Wildman–Crippen MR) is 122 cm³/mol. The van der Waals surface area contributed by atoms with E-state index >= 15 is 0 Å². The average molecular weight is 520 g/mol. The summed E-state index contributed by atoms with van der Waals surface area (Å²) in [6.45, 7) is 4.63. The number of nitrogens with one attached hydrogen (secondary N) is 2. The van der Waals surface area contributed by atoms with Gasteiger partial charge in [0.05, 0.1) is 0 Å². The molecular formula is C21H31F2IN4O. The molecule has 0 radical (unpaired) electrons. The van der Waals surface area contributed by atoms with E-state index in [1.165, 1.54) is 25.0 Å². The number of nitrogens with zero attached hydrogens (tertiary/aromatic N) is 2. The molecule has 5 nitrogen and oxygen atoms in total. The first kappa shape index (κ1) is 23.8. The zero-order valence-electron chi connectivity index (χ0n) is 16.9. The number of benzene rings is 1.